The van der Waals surface area contributed by atoms with Crippen molar-refractivity contribution in [3.05, 3.63) is 54.1 Å². The number of sulfonamides is 1. The number of benzene rings is 1. The van der Waals surface area contributed by atoms with Gasteiger partial charge in [0.05, 0.1) is 11.4 Å². The normalized spacial score (nSPS) is 21.9. The van der Waals surface area contributed by atoms with Crippen LogP contribution in [-0.2, 0) is 10.0 Å². The number of hydrogen-bond acceptors (Lipinski definition) is 3. The number of nitrogens with zero attached hydrogens (tertiary/aromatic N) is 1. The van der Waals surface area contributed by atoms with Crippen molar-refractivity contribution in [3.8, 4) is 11.1 Å². The minimum Gasteiger partial charge on any atom is -0.261 e. The first-order valence-corrected chi connectivity index (χ1v) is 9.18. The molecule has 0 bridgehead atoms. The van der Waals surface area contributed by atoms with Crippen molar-refractivity contribution in [3.63, 3.8) is 0 Å². The van der Waals surface area contributed by atoms with Crippen molar-refractivity contribution in [2.75, 3.05) is 0 Å². The van der Waals surface area contributed by atoms with Crippen LogP contribution in [0, 0.1) is 11.7 Å². The topological polar surface area (TPSA) is 73.0 Å². The third kappa shape index (κ3) is 3.76. The molecule has 122 valence electrons. The van der Waals surface area contributed by atoms with Crippen LogP contribution in [0.2, 0.25) is 0 Å². The van der Waals surface area contributed by atoms with Crippen molar-refractivity contribution >= 4 is 10.0 Å². The summed E-state index contributed by atoms with van der Waals surface area (Å²) in [5.74, 6) is 0.398. The largest absolute Gasteiger partial charge is 0.261 e. The van der Waals surface area contributed by atoms with Gasteiger partial charge in [-0.2, -0.15) is 0 Å². The molecule has 3 rings (SSSR count). The SMILES string of the molecule is CC(C[C@@H]1C[C@H]1c1ccc(-c2cncc(F)c2)cc1)S(N)(=O)=O. The number of pyridine rings is 1. The molecule has 1 aliphatic carbocycles. The number of rotatable bonds is 5. The Morgan fingerprint density at radius 2 is 1.96 bits per heavy atom. The van der Waals surface area contributed by atoms with Crippen LogP contribution < -0.4 is 5.14 Å². The summed E-state index contributed by atoms with van der Waals surface area (Å²) in [4.78, 5) is 3.85. The van der Waals surface area contributed by atoms with E-state index in [2.05, 4.69) is 4.98 Å². The average molecular weight is 334 g/mol. The van der Waals surface area contributed by atoms with Gasteiger partial charge in [0, 0.05) is 11.8 Å². The van der Waals surface area contributed by atoms with E-state index in [0.29, 0.717) is 18.3 Å². The van der Waals surface area contributed by atoms with Gasteiger partial charge in [-0.3, -0.25) is 4.98 Å². The maximum atomic E-state index is 13.2. The molecule has 3 atom stereocenters. The van der Waals surface area contributed by atoms with Crippen molar-refractivity contribution < 1.29 is 12.8 Å². The number of aromatic nitrogens is 1. The number of primary sulfonamides is 1. The van der Waals surface area contributed by atoms with Crippen LogP contribution in [0.15, 0.2) is 42.7 Å². The Morgan fingerprint density at radius 1 is 1.26 bits per heavy atom. The van der Waals surface area contributed by atoms with E-state index < -0.39 is 15.3 Å². The Morgan fingerprint density at radius 3 is 2.57 bits per heavy atom. The lowest BCUT2D eigenvalue weighted by atomic mass is 10.0. The standard InChI is InChI=1S/C17H19FN2O2S/c1-11(23(19,21)22)6-14-8-17(14)13-4-2-12(3-5-13)15-7-16(18)10-20-9-15/h2-5,7,9-11,14,17H,6,8H2,1H3,(H2,19,21,22)/t11?,14-,17+/m1/s1. The lowest BCUT2D eigenvalue weighted by Gasteiger charge is -2.08. The van der Waals surface area contributed by atoms with Gasteiger partial charge in [0.25, 0.3) is 0 Å². The molecular formula is C17H19FN2O2S. The van der Waals surface area contributed by atoms with Gasteiger partial charge in [-0.15, -0.1) is 0 Å². The summed E-state index contributed by atoms with van der Waals surface area (Å²) < 4.78 is 35.8. The Bertz CT molecular complexity index is 806. The van der Waals surface area contributed by atoms with Gasteiger partial charge in [0.2, 0.25) is 10.0 Å². The molecular weight excluding hydrogens is 315 g/mol. The molecule has 0 amide bonds. The number of halogens is 1. The highest BCUT2D eigenvalue weighted by Gasteiger charge is 2.40. The van der Waals surface area contributed by atoms with E-state index >= 15 is 0 Å². The van der Waals surface area contributed by atoms with Crippen LogP contribution in [0.5, 0.6) is 0 Å². The van der Waals surface area contributed by atoms with E-state index in [1.807, 2.05) is 24.3 Å². The van der Waals surface area contributed by atoms with E-state index in [1.165, 1.54) is 17.8 Å². The van der Waals surface area contributed by atoms with E-state index in [4.69, 9.17) is 5.14 Å². The maximum Gasteiger partial charge on any atom is 0.211 e. The van der Waals surface area contributed by atoms with Crippen molar-refractivity contribution in [2.24, 2.45) is 11.1 Å². The summed E-state index contributed by atoms with van der Waals surface area (Å²) in [6.45, 7) is 1.66. The summed E-state index contributed by atoms with van der Waals surface area (Å²) in [7, 11) is -3.45. The van der Waals surface area contributed by atoms with Gasteiger partial charge in [-0.05, 0) is 48.8 Å². The van der Waals surface area contributed by atoms with Gasteiger partial charge in [-0.1, -0.05) is 24.3 Å². The summed E-state index contributed by atoms with van der Waals surface area (Å²) in [5, 5.41) is 4.67. The highest BCUT2D eigenvalue weighted by molar-refractivity contribution is 7.89. The van der Waals surface area contributed by atoms with E-state index in [0.717, 1.165) is 17.5 Å². The summed E-state index contributed by atoms with van der Waals surface area (Å²) in [5.41, 5.74) is 2.84. The van der Waals surface area contributed by atoms with Crippen LogP contribution in [-0.4, -0.2) is 18.7 Å². The molecule has 0 saturated heterocycles. The van der Waals surface area contributed by atoms with Gasteiger partial charge in [0.15, 0.2) is 0 Å². The number of nitrogens with two attached hydrogens (primary N) is 1. The molecule has 4 nitrogen and oxygen atoms in total. The summed E-state index contributed by atoms with van der Waals surface area (Å²) in [6, 6.07) is 9.39. The Labute approximate surface area is 135 Å². The first-order chi connectivity index (χ1) is 10.8. The second kappa shape index (κ2) is 6.02. The van der Waals surface area contributed by atoms with Crippen LogP contribution in [0.3, 0.4) is 0 Å². The maximum absolute atomic E-state index is 13.2. The fraction of sp³-hybridized carbons (Fsp3) is 0.353. The highest BCUT2D eigenvalue weighted by Crippen LogP contribution is 2.50. The van der Waals surface area contributed by atoms with Crippen LogP contribution in [0.4, 0.5) is 4.39 Å². The quantitative estimate of drug-likeness (QED) is 0.913. The molecule has 2 N–H and O–H groups in total. The van der Waals surface area contributed by atoms with E-state index in [-0.39, 0.29) is 5.82 Å². The van der Waals surface area contributed by atoms with Gasteiger partial charge < -0.3 is 0 Å². The van der Waals surface area contributed by atoms with Crippen LogP contribution in [0.1, 0.15) is 31.2 Å². The predicted octanol–water partition coefficient (Wildman–Crippen LogP) is 3.06. The fourth-order valence-electron chi connectivity index (χ4n) is 2.97. The fourth-order valence-corrected chi connectivity index (χ4v) is 3.48. The molecule has 1 saturated carbocycles. The Hall–Kier alpha value is -1.79. The zero-order valence-electron chi connectivity index (χ0n) is 12.8. The van der Waals surface area contributed by atoms with Gasteiger partial charge >= 0.3 is 0 Å². The van der Waals surface area contributed by atoms with Crippen LogP contribution in [0.25, 0.3) is 11.1 Å². The second-order valence-electron chi connectivity index (χ2n) is 6.25. The Kier molecular flexibility index (Phi) is 4.21. The molecule has 23 heavy (non-hydrogen) atoms. The first-order valence-electron chi connectivity index (χ1n) is 7.57. The predicted molar refractivity (Wildman–Crippen MR) is 87.7 cm³/mol. The molecule has 0 aliphatic heterocycles. The van der Waals surface area contributed by atoms with Crippen molar-refractivity contribution in [2.45, 2.75) is 30.9 Å². The van der Waals surface area contributed by atoms with Gasteiger partial charge in [-0.25, -0.2) is 17.9 Å². The molecule has 6 heteroatoms. The molecule has 1 unspecified atom stereocenters. The van der Waals surface area contributed by atoms with Crippen molar-refractivity contribution in [1.82, 2.24) is 4.98 Å². The molecule has 1 aromatic carbocycles. The summed E-state index contributed by atoms with van der Waals surface area (Å²) >= 11 is 0. The molecule has 0 radical (unpaired) electrons. The van der Waals surface area contributed by atoms with Gasteiger partial charge in [0.1, 0.15) is 5.82 Å². The zero-order valence-corrected chi connectivity index (χ0v) is 13.6. The third-order valence-electron chi connectivity index (χ3n) is 4.50. The average Bonchev–Trinajstić information content (AvgIpc) is 3.26. The third-order valence-corrected chi connectivity index (χ3v) is 5.81. The molecule has 2 aromatic rings. The molecule has 1 fully saturated rings. The van der Waals surface area contributed by atoms with E-state index in [1.54, 1.807) is 13.1 Å². The highest BCUT2D eigenvalue weighted by atomic mass is 32.2. The minimum absolute atomic E-state index is 0.356. The first kappa shape index (κ1) is 16.1. The van der Waals surface area contributed by atoms with Crippen molar-refractivity contribution in [1.29, 1.82) is 0 Å². The van der Waals surface area contributed by atoms with E-state index in [9.17, 15) is 12.8 Å². The molecule has 1 aromatic heterocycles. The number of hydrogen-bond donors (Lipinski definition) is 1. The Balaban J connectivity index is 1.68. The summed E-state index contributed by atoms with van der Waals surface area (Å²) in [6.07, 6.45) is 4.39. The monoisotopic (exact) mass is 334 g/mol. The zero-order chi connectivity index (χ0) is 16.6. The molecule has 0 spiro atoms. The lowest BCUT2D eigenvalue weighted by molar-refractivity contribution is 0.569. The molecule has 1 aliphatic rings. The smallest absolute Gasteiger partial charge is 0.211 e. The minimum atomic E-state index is -3.45. The lowest BCUT2D eigenvalue weighted by Crippen LogP contribution is -2.26. The van der Waals surface area contributed by atoms with Crippen LogP contribution >= 0.6 is 0 Å². The second-order valence-corrected chi connectivity index (χ2v) is 8.23. The molecule has 1 heterocycles.